The Kier molecular flexibility index (Phi) is 32.9. The summed E-state index contributed by atoms with van der Waals surface area (Å²) in [5.41, 5.74) is 0. The van der Waals surface area contributed by atoms with Gasteiger partial charge in [-0.05, 0) is 26.2 Å². The first-order chi connectivity index (χ1) is 17.5. The summed E-state index contributed by atoms with van der Waals surface area (Å²) in [7, 11) is 0. The Balaban J connectivity index is 0. The number of carboxylic acids is 1. The third-order valence-electron chi connectivity index (χ3n) is 7.04. The molecule has 216 valence electrons. The third-order valence-corrected chi connectivity index (χ3v) is 7.04. The minimum Gasteiger partial charge on any atom is -0.481 e. The minimum atomic E-state index is -0.617. The van der Waals surface area contributed by atoms with Crippen LogP contribution in [0, 0.1) is 5.92 Å². The Bertz CT molecular complexity index is 447. The lowest BCUT2D eigenvalue weighted by atomic mass is 9.98. The lowest BCUT2D eigenvalue weighted by Gasteiger charge is -2.08. The van der Waals surface area contributed by atoms with Gasteiger partial charge in [-0.2, -0.15) is 0 Å². The topological polar surface area (TPSA) is 63.6 Å². The van der Waals surface area contributed by atoms with Crippen LogP contribution in [0.2, 0.25) is 0 Å². The maximum Gasteiger partial charge on any atom is 0.306 e. The highest BCUT2D eigenvalue weighted by atomic mass is 16.5. The molecule has 1 atom stereocenters. The van der Waals surface area contributed by atoms with E-state index in [1.54, 1.807) is 0 Å². The fourth-order valence-electron chi connectivity index (χ4n) is 4.55. The van der Waals surface area contributed by atoms with Crippen LogP contribution in [0.15, 0.2) is 0 Å². The fourth-order valence-corrected chi connectivity index (χ4v) is 4.55. The number of carboxylic acid groups (broad SMARTS) is 1. The molecule has 0 amide bonds. The van der Waals surface area contributed by atoms with Crippen LogP contribution in [0.1, 0.15) is 182 Å². The van der Waals surface area contributed by atoms with Gasteiger partial charge >= 0.3 is 11.9 Å². The number of hydrogen-bond donors (Lipinski definition) is 1. The molecule has 0 aliphatic heterocycles. The Morgan fingerprint density at radius 2 is 0.917 bits per heavy atom. The van der Waals surface area contributed by atoms with E-state index < -0.39 is 5.97 Å². The summed E-state index contributed by atoms with van der Waals surface area (Å²) in [5.74, 6) is -0.763. The first kappa shape index (κ1) is 37.1. The second-order valence-corrected chi connectivity index (χ2v) is 10.5. The van der Waals surface area contributed by atoms with Crippen molar-refractivity contribution in [3.63, 3.8) is 0 Å². The number of aliphatic carboxylic acids is 1. The molecule has 0 rings (SSSR count). The van der Waals surface area contributed by atoms with Gasteiger partial charge in [0.15, 0.2) is 0 Å². The molecule has 1 N–H and O–H groups in total. The molecule has 4 nitrogen and oxygen atoms in total. The van der Waals surface area contributed by atoms with E-state index in [9.17, 15) is 9.59 Å². The lowest BCUT2D eigenvalue weighted by molar-refractivity contribution is -0.143. The molecule has 0 radical (unpaired) electrons. The van der Waals surface area contributed by atoms with Crippen LogP contribution in [0.4, 0.5) is 0 Å². The number of unbranched alkanes of at least 4 members (excludes halogenated alkanes) is 19. The molecule has 0 aliphatic carbocycles. The Labute approximate surface area is 225 Å². The number of carbonyl (C=O) groups excluding carboxylic acids is 1. The van der Waals surface area contributed by atoms with Crippen molar-refractivity contribution in [3.05, 3.63) is 0 Å². The van der Waals surface area contributed by atoms with Gasteiger partial charge in [-0.3, -0.25) is 9.59 Å². The summed E-state index contributed by atoms with van der Waals surface area (Å²) in [5, 5.41) is 8.92. The highest BCUT2D eigenvalue weighted by Crippen LogP contribution is 2.16. The maximum atomic E-state index is 11.1. The van der Waals surface area contributed by atoms with Crippen molar-refractivity contribution in [1.29, 1.82) is 0 Å². The Hall–Kier alpha value is -1.06. The molecule has 0 fully saturated rings. The molecule has 0 saturated carbocycles. The van der Waals surface area contributed by atoms with Gasteiger partial charge < -0.3 is 9.84 Å². The number of ether oxygens (including phenoxy) is 1. The molecule has 0 aromatic heterocycles. The van der Waals surface area contributed by atoms with Crippen molar-refractivity contribution in [2.24, 2.45) is 5.92 Å². The second-order valence-electron chi connectivity index (χ2n) is 10.5. The number of rotatable bonds is 26. The number of esters is 1. The molecule has 0 saturated heterocycles. The van der Waals surface area contributed by atoms with E-state index in [0.717, 1.165) is 25.7 Å². The molecular formula is C32H64O4. The van der Waals surface area contributed by atoms with Crippen molar-refractivity contribution in [3.8, 4) is 0 Å². The van der Waals surface area contributed by atoms with Gasteiger partial charge in [0.1, 0.15) is 0 Å². The zero-order valence-corrected chi connectivity index (χ0v) is 24.9. The van der Waals surface area contributed by atoms with E-state index in [1.807, 2.05) is 13.8 Å². The number of hydrogen-bond acceptors (Lipinski definition) is 3. The maximum absolute atomic E-state index is 11.1. The van der Waals surface area contributed by atoms with Crippen molar-refractivity contribution in [2.75, 3.05) is 6.61 Å². The quantitative estimate of drug-likeness (QED) is 0.0924. The van der Waals surface area contributed by atoms with Crippen LogP contribution < -0.4 is 0 Å². The fraction of sp³-hybridized carbons (Fsp3) is 0.938. The molecule has 0 aromatic carbocycles. The Morgan fingerprint density at radius 3 is 1.25 bits per heavy atom. The van der Waals surface area contributed by atoms with Gasteiger partial charge in [0, 0.05) is 6.42 Å². The van der Waals surface area contributed by atoms with Gasteiger partial charge in [-0.1, -0.05) is 149 Å². The molecule has 36 heavy (non-hydrogen) atoms. The zero-order chi connectivity index (χ0) is 27.1. The number of carbonyl (C=O) groups is 2. The molecule has 0 aromatic rings. The van der Waals surface area contributed by atoms with E-state index in [4.69, 9.17) is 9.84 Å². The average Bonchev–Trinajstić information content (AvgIpc) is 2.86. The van der Waals surface area contributed by atoms with Gasteiger partial charge in [0.25, 0.3) is 0 Å². The third kappa shape index (κ3) is 31.0. The predicted molar refractivity (Wildman–Crippen MR) is 156 cm³/mol. The summed E-state index contributed by atoms with van der Waals surface area (Å²) in [6, 6.07) is 0. The summed E-state index contributed by atoms with van der Waals surface area (Å²) in [4.78, 5) is 21.9. The normalized spacial score (nSPS) is 11.6. The van der Waals surface area contributed by atoms with Crippen LogP contribution in [0.25, 0.3) is 0 Å². The van der Waals surface area contributed by atoms with Gasteiger partial charge in [-0.25, -0.2) is 0 Å². The van der Waals surface area contributed by atoms with Crippen molar-refractivity contribution < 1.29 is 19.4 Å². The van der Waals surface area contributed by atoms with Crippen LogP contribution in [0.5, 0.6) is 0 Å². The standard InChI is InChI=1S/2C16H32O2/c1-3-5-6-7-8-9-10-11-12-13-14-15-16(17)18-4-2;1-3-5-6-7-8-9-10-11-12-13-14-15(4-2)16(17)18/h3-15H2,1-2H3;15H,3-14H2,1-2H3,(H,17,18). The summed E-state index contributed by atoms with van der Waals surface area (Å²) < 4.78 is 4.89. The lowest BCUT2D eigenvalue weighted by Crippen LogP contribution is -2.12. The molecule has 4 heteroatoms. The summed E-state index contributed by atoms with van der Waals surface area (Å²) in [6.07, 6.45) is 29.9. The van der Waals surface area contributed by atoms with Crippen LogP contribution >= 0.6 is 0 Å². The second kappa shape index (κ2) is 32.0. The van der Waals surface area contributed by atoms with Crippen LogP contribution in [-0.2, 0) is 14.3 Å². The molecule has 0 heterocycles. The Morgan fingerprint density at radius 1 is 0.556 bits per heavy atom. The van der Waals surface area contributed by atoms with Crippen molar-refractivity contribution in [2.45, 2.75) is 182 Å². The smallest absolute Gasteiger partial charge is 0.306 e. The van der Waals surface area contributed by atoms with Crippen LogP contribution in [0.3, 0.4) is 0 Å². The summed E-state index contributed by atoms with van der Waals surface area (Å²) in [6.45, 7) is 8.85. The van der Waals surface area contributed by atoms with E-state index in [2.05, 4.69) is 13.8 Å². The van der Waals surface area contributed by atoms with Crippen LogP contribution in [-0.4, -0.2) is 23.7 Å². The molecule has 0 spiro atoms. The van der Waals surface area contributed by atoms with Crippen molar-refractivity contribution >= 4 is 11.9 Å². The first-order valence-corrected chi connectivity index (χ1v) is 15.9. The monoisotopic (exact) mass is 512 g/mol. The van der Waals surface area contributed by atoms with E-state index in [-0.39, 0.29) is 11.9 Å². The van der Waals surface area contributed by atoms with Gasteiger partial charge in [0.2, 0.25) is 0 Å². The molecule has 1 unspecified atom stereocenters. The van der Waals surface area contributed by atoms with Crippen molar-refractivity contribution in [1.82, 2.24) is 0 Å². The van der Waals surface area contributed by atoms with Gasteiger partial charge in [0.05, 0.1) is 12.5 Å². The molecule has 0 bridgehead atoms. The average molecular weight is 513 g/mol. The molecular weight excluding hydrogens is 448 g/mol. The van der Waals surface area contributed by atoms with Gasteiger partial charge in [-0.15, -0.1) is 0 Å². The molecule has 0 aliphatic rings. The SMILES string of the molecule is CCCCCCCCCCCCC(CC)C(=O)O.CCCCCCCCCCCCCC(=O)OCC. The van der Waals surface area contributed by atoms with E-state index >= 15 is 0 Å². The zero-order valence-electron chi connectivity index (χ0n) is 24.9. The minimum absolute atomic E-state index is 0.0339. The largest absolute Gasteiger partial charge is 0.481 e. The van der Waals surface area contributed by atoms with E-state index in [0.29, 0.717) is 13.0 Å². The predicted octanol–water partition coefficient (Wildman–Crippen LogP) is 10.7. The first-order valence-electron chi connectivity index (χ1n) is 15.9. The summed E-state index contributed by atoms with van der Waals surface area (Å²) >= 11 is 0. The van der Waals surface area contributed by atoms with E-state index in [1.165, 1.54) is 122 Å². The highest BCUT2D eigenvalue weighted by Gasteiger charge is 2.13. The highest BCUT2D eigenvalue weighted by molar-refractivity contribution is 5.69.